The van der Waals surface area contributed by atoms with E-state index in [0.29, 0.717) is 33.9 Å². The zero-order valence-electron chi connectivity index (χ0n) is 18.5. The molecule has 0 aromatic heterocycles. The van der Waals surface area contributed by atoms with Crippen LogP contribution in [0, 0.1) is 6.92 Å². The van der Waals surface area contributed by atoms with Gasteiger partial charge in [0.25, 0.3) is 5.91 Å². The maximum absolute atomic E-state index is 13.0. The molecule has 0 aliphatic carbocycles. The van der Waals surface area contributed by atoms with Gasteiger partial charge in [0.1, 0.15) is 11.8 Å². The zero-order valence-corrected chi connectivity index (χ0v) is 18.5. The number of piperazine rings is 1. The van der Waals surface area contributed by atoms with Gasteiger partial charge in [-0.3, -0.25) is 19.2 Å². The van der Waals surface area contributed by atoms with Gasteiger partial charge in [0.2, 0.25) is 17.6 Å². The second-order valence-electron chi connectivity index (χ2n) is 7.61. The van der Waals surface area contributed by atoms with Gasteiger partial charge in [-0.15, -0.1) is 0 Å². The van der Waals surface area contributed by atoms with Crippen LogP contribution in [0.15, 0.2) is 0 Å². The summed E-state index contributed by atoms with van der Waals surface area (Å²) in [7, 11) is 6.09. The largest absolute Gasteiger partial charge is 0.496 e. The molecular formula is C21H27N3O7. The van der Waals surface area contributed by atoms with Crippen LogP contribution in [0.5, 0.6) is 17.2 Å². The molecule has 2 aliphatic rings. The molecule has 2 heterocycles. The Labute approximate surface area is 180 Å². The lowest BCUT2D eigenvalue weighted by Crippen LogP contribution is -2.63. The molecule has 1 aromatic rings. The second kappa shape index (κ2) is 8.44. The molecule has 1 saturated heterocycles. The Morgan fingerprint density at radius 3 is 2.23 bits per heavy atom. The van der Waals surface area contributed by atoms with Gasteiger partial charge in [-0.2, -0.15) is 0 Å². The van der Waals surface area contributed by atoms with E-state index in [0.717, 1.165) is 6.92 Å². The summed E-state index contributed by atoms with van der Waals surface area (Å²) < 4.78 is 16.9. The summed E-state index contributed by atoms with van der Waals surface area (Å²) in [6.45, 7) is 2.83. The number of methoxy groups -OCH3 is 3. The summed E-state index contributed by atoms with van der Waals surface area (Å²) in [5.41, 5.74) is 1.99. The Balaban J connectivity index is 2.26. The summed E-state index contributed by atoms with van der Waals surface area (Å²) >= 11 is 0. The summed E-state index contributed by atoms with van der Waals surface area (Å²) in [5, 5.41) is 2.57. The summed E-state index contributed by atoms with van der Waals surface area (Å²) in [6.07, 6.45) is 0.228. The molecule has 1 aromatic carbocycles. The van der Waals surface area contributed by atoms with Crippen molar-refractivity contribution in [3.8, 4) is 17.2 Å². The van der Waals surface area contributed by atoms with Crippen LogP contribution in [0.4, 0.5) is 0 Å². The molecule has 0 unspecified atom stereocenters. The quantitative estimate of drug-likeness (QED) is 0.628. The Kier molecular flexibility index (Phi) is 6.10. The lowest BCUT2D eigenvalue weighted by Gasteiger charge is -2.47. The van der Waals surface area contributed by atoms with Crippen LogP contribution in [0.25, 0.3) is 0 Å². The monoisotopic (exact) mass is 433 g/mol. The van der Waals surface area contributed by atoms with E-state index in [1.54, 1.807) is 7.05 Å². The molecule has 3 rings (SSSR count). The predicted octanol–water partition coefficient (Wildman–Crippen LogP) is -0.00758. The summed E-state index contributed by atoms with van der Waals surface area (Å²) in [6, 6.07) is -1.51. The topological polar surface area (TPSA) is 114 Å². The molecule has 2 aliphatic heterocycles. The van der Waals surface area contributed by atoms with Crippen molar-refractivity contribution in [2.75, 3.05) is 41.5 Å². The van der Waals surface area contributed by atoms with Crippen molar-refractivity contribution in [1.29, 1.82) is 0 Å². The lowest BCUT2D eigenvalue weighted by molar-refractivity contribution is -0.158. The number of nitrogens with one attached hydrogen (secondary N) is 1. The van der Waals surface area contributed by atoms with E-state index in [2.05, 4.69) is 5.32 Å². The number of hydrogen-bond acceptors (Lipinski definition) is 7. The zero-order chi connectivity index (χ0) is 23.0. The van der Waals surface area contributed by atoms with Crippen molar-refractivity contribution in [3.63, 3.8) is 0 Å². The number of rotatable bonds is 6. The highest BCUT2D eigenvalue weighted by molar-refractivity contribution is 6.35. The van der Waals surface area contributed by atoms with Crippen LogP contribution < -0.4 is 19.5 Å². The van der Waals surface area contributed by atoms with Gasteiger partial charge < -0.3 is 29.3 Å². The molecule has 2 atom stereocenters. The van der Waals surface area contributed by atoms with E-state index in [9.17, 15) is 19.2 Å². The number of likely N-dealkylation sites (N-methyl/N-ethyl adjacent to an activating group) is 1. The van der Waals surface area contributed by atoms with E-state index in [-0.39, 0.29) is 31.3 Å². The minimum Gasteiger partial charge on any atom is -0.496 e. The maximum Gasteiger partial charge on any atom is 0.287 e. The fourth-order valence-corrected chi connectivity index (χ4v) is 4.49. The highest BCUT2D eigenvalue weighted by Gasteiger charge is 2.48. The highest BCUT2D eigenvalue weighted by atomic mass is 16.5. The fraction of sp³-hybridized carbons (Fsp3) is 0.524. The van der Waals surface area contributed by atoms with Gasteiger partial charge in [0, 0.05) is 43.6 Å². The van der Waals surface area contributed by atoms with Crippen molar-refractivity contribution >= 4 is 23.5 Å². The van der Waals surface area contributed by atoms with E-state index < -0.39 is 23.8 Å². The summed E-state index contributed by atoms with van der Waals surface area (Å²) in [5.74, 6) is -0.532. The molecule has 168 valence electrons. The first-order chi connectivity index (χ1) is 14.7. The Bertz CT molecular complexity index is 959. The number of ketones is 1. The molecule has 1 N–H and O–H groups in total. The summed E-state index contributed by atoms with van der Waals surface area (Å²) in [4.78, 5) is 52.3. The number of amides is 3. The van der Waals surface area contributed by atoms with Crippen LogP contribution in [-0.2, 0) is 25.6 Å². The Morgan fingerprint density at radius 2 is 1.68 bits per heavy atom. The first-order valence-electron chi connectivity index (χ1n) is 9.84. The van der Waals surface area contributed by atoms with Crippen LogP contribution in [0.3, 0.4) is 0 Å². The van der Waals surface area contributed by atoms with Gasteiger partial charge in [0.05, 0.1) is 33.9 Å². The van der Waals surface area contributed by atoms with E-state index >= 15 is 0 Å². The number of carbonyl (C=O) groups is 4. The van der Waals surface area contributed by atoms with Gasteiger partial charge in [-0.1, -0.05) is 0 Å². The number of Topliss-reactive ketones (excluding diaryl/α,β-unsaturated/α-hetero) is 1. The normalized spacial score (nSPS) is 20.1. The average molecular weight is 433 g/mol. The van der Waals surface area contributed by atoms with Gasteiger partial charge in [-0.25, -0.2) is 0 Å². The SMILES string of the molecule is COc1c(C)c(OC)c(OC)c2c1C[C@H]1C(=O)N(C)CC(=O)N1[C@H]2CNC(=O)C(C)=O. The molecule has 3 amide bonds. The Morgan fingerprint density at radius 1 is 1.06 bits per heavy atom. The number of ether oxygens (including phenoxy) is 3. The van der Waals surface area contributed by atoms with Crippen molar-refractivity contribution in [2.24, 2.45) is 0 Å². The first kappa shape index (κ1) is 22.4. The third kappa shape index (κ3) is 3.55. The number of hydrogen-bond donors (Lipinski definition) is 1. The van der Waals surface area contributed by atoms with Crippen LogP contribution in [-0.4, -0.2) is 80.8 Å². The smallest absolute Gasteiger partial charge is 0.287 e. The standard InChI is InChI=1S/C21H27N3O7/c1-10-17(29-4)12-7-13-21(28)23(3)9-15(26)24(13)14(8-22-20(27)11(2)25)16(12)19(31-6)18(10)30-5/h13-14H,7-9H2,1-6H3,(H,22,27)/t13-,14-/m0/s1. The van der Waals surface area contributed by atoms with Crippen molar-refractivity contribution in [1.82, 2.24) is 15.1 Å². The predicted molar refractivity (Wildman–Crippen MR) is 109 cm³/mol. The minimum absolute atomic E-state index is 0.0730. The third-order valence-electron chi connectivity index (χ3n) is 5.84. The fourth-order valence-electron chi connectivity index (χ4n) is 4.49. The number of fused-ring (bicyclic) bond motifs is 2. The molecule has 10 nitrogen and oxygen atoms in total. The number of nitrogens with zero attached hydrogens (tertiary/aromatic N) is 2. The number of carbonyl (C=O) groups excluding carboxylic acids is 4. The maximum atomic E-state index is 13.0. The molecule has 1 fully saturated rings. The molecule has 0 saturated carbocycles. The van der Waals surface area contributed by atoms with Crippen LogP contribution >= 0.6 is 0 Å². The second-order valence-corrected chi connectivity index (χ2v) is 7.61. The van der Waals surface area contributed by atoms with Crippen LogP contribution in [0.1, 0.15) is 29.7 Å². The van der Waals surface area contributed by atoms with Crippen molar-refractivity contribution < 1.29 is 33.4 Å². The highest BCUT2D eigenvalue weighted by Crippen LogP contribution is 2.51. The van der Waals surface area contributed by atoms with Gasteiger partial charge >= 0.3 is 0 Å². The van der Waals surface area contributed by atoms with Crippen molar-refractivity contribution in [3.05, 3.63) is 16.7 Å². The van der Waals surface area contributed by atoms with E-state index in [4.69, 9.17) is 14.2 Å². The van der Waals surface area contributed by atoms with Gasteiger partial charge in [-0.05, 0) is 6.92 Å². The molecular weight excluding hydrogens is 406 g/mol. The lowest BCUT2D eigenvalue weighted by atomic mass is 9.83. The molecule has 0 radical (unpaired) electrons. The van der Waals surface area contributed by atoms with Gasteiger partial charge in [0.15, 0.2) is 11.5 Å². The number of benzene rings is 1. The molecule has 10 heteroatoms. The first-order valence-corrected chi connectivity index (χ1v) is 9.84. The minimum atomic E-state index is -0.776. The molecule has 0 spiro atoms. The van der Waals surface area contributed by atoms with E-state index in [1.165, 1.54) is 31.1 Å². The van der Waals surface area contributed by atoms with Crippen molar-refractivity contribution in [2.45, 2.75) is 32.4 Å². The van der Waals surface area contributed by atoms with Crippen LogP contribution in [0.2, 0.25) is 0 Å². The molecule has 0 bridgehead atoms. The molecule has 31 heavy (non-hydrogen) atoms. The van der Waals surface area contributed by atoms with E-state index in [1.807, 2.05) is 6.92 Å². The average Bonchev–Trinajstić information content (AvgIpc) is 2.73. The third-order valence-corrected chi connectivity index (χ3v) is 5.84. The Hall–Kier alpha value is -3.30.